The topological polar surface area (TPSA) is 49.6 Å². The minimum Gasteiger partial charge on any atom is -0.379 e. The molecule has 4 heteroatoms. The maximum absolute atomic E-state index is 4.28. The van der Waals surface area contributed by atoms with Crippen molar-refractivity contribution in [3.8, 4) is 0 Å². The van der Waals surface area contributed by atoms with Gasteiger partial charge in [-0.3, -0.25) is 4.98 Å². The van der Waals surface area contributed by atoms with Gasteiger partial charge >= 0.3 is 0 Å². The Kier molecular flexibility index (Phi) is 4.52. The molecule has 2 aromatic carbocycles. The first kappa shape index (κ1) is 13.9. The first-order chi connectivity index (χ1) is 10.9. The quantitative estimate of drug-likeness (QED) is 0.663. The molecule has 4 nitrogen and oxygen atoms in total. The van der Waals surface area contributed by atoms with Crippen LogP contribution >= 0.6 is 0 Å². The molecular formula is C18H16N4. The van der Waals surface area contributed by atoms with Gasteiger partial charge in [0.1, 0.15) is 0 Å². The molecule has 0 saturated heterocycles. The van der Waals surface area contributed by atoms with Gasteiger partial charge in [-0.05, 0) is 48.5 Å². The smallest absolute Gasteiger partial charge is 0.0858 e. The standard InChI is InChI=1S/C18H16N4/c1-2-6-16(7-3-1)21-22-17-11-9-15(10-12-17)20-14-18-8-4-5-13-19-18/h1-13,20H,14H2. The van der Waals surface area contributed by atoms with Gasteiger partial charge in [0.2, 0.25) is 0 Å². The van der Waals surface area contributed by atoms with E-state index in [2.05, 4.69) is 20.5 Å². The van der Waals surface area contributed by atoms with Crippen molar-refractivity contribution in [3.63, 3.8) is 0 Å². The van der Waals surface area contributed by atoms with Gasteiger partial charge in [0, 0.05) is 11.9 Å². The normalized spacial score (nSPS) is 10.7. The third-order valence-corrected chi connectivity index (χ3v) is 3.10. The lowest BCUT2D eigenvalue weighted by Crippen LogP contribution is -2.00. The molecule has 1 heterocycles. The molecule has 0 aliphatic carbocycles. The SMILES string of the molecule is c1ccc(N=Nc2ccc(NCc3ccccn3)cc2)cc1. The molecule has 0 fully saturated rings. The Morgan fingerprint density at radius 3 is 2.09 bits per heavy atom. The number of aromatic nitrogens is 1. The monoisotopic (exact) mass is 288 g/mol. The lowest BCUT2D eigenvalue weighted by atomic mass is 10.2. The minimum atomic E-state index is 0.700. The number of hydrogen-bond acceptors (Lipinski definition) is 4. The fraction of sp³-hybridized carbons (Fsp3) is 0.0556. The van der Waals surface area contributed by atoms with Crippen LogP contribution in [0.5, 0.6) is 0 Å². The van der Waals surface area contributed by atoms with Crippen LogP contribution in [-0.2, 0) is 6.54 Å². The summed E-state index contributed by atoms with van der Waals surface area (Å²) in [4.78, 5) is 4.28. The molecule has 1 N–H and O–H groups in total. The third kappa shape index (κ3) is 3.99. The first-order valence-corrected chi connectivity index (χ1v) is 7.11. The zero-order valence-corrected chi connectivity index (χ0v) is 12.1. The van der Waals surface area contributed by atoms with Crippen molar-refractivity contribution in [1.82, 2.24) is 4.98 Å². The summed E-state index contributed by atoms with van der Waals surface area (Å²) < 4.78 is 0. The van der Waals surface area contributed by atoms with Gasteiger partial charge in [0.25, 0.3) is 0 Å². The van der Waals surface area contributed by atoms with Gasteiger partial charge in [0.05, 0.1) is 23.6 Å². The number of nitrogens with zero attached hydrogens (tertiary/aromatic N) is 3. The molecule has 3 aromatic rings. The van der Waals surface area contributed by atoms with E-state index in [4.69, 9.17) is 0 Å². The molecule has 0 bridgehead atoms. The van der Waals surface area contributed by atoms with E-state index in [0.717, 1.165) is 22.8 Å². The summed E-state index contributed by atoms with van der Waals surface area (Å²) in [5.41, 5.74) is 3.71. The molecule has 3 rings (SSSR count). The van der Waals surface area contributed by atoms with Gasteiger partial charge in [0.15, 0.2) is 0 Å². The van der Waals surface area contributed by atoms with Gasteiger partial charge in [-0.2, -0.15) is 10.2 Å². The number of pyridine rings is 1. The van der Waals surface area contributed by atoms with E-state index in [0.29, 0.717) is 6.54 Å². The van der Waals surface area contributed by atoms with E-state index in [-0.39, 0.29) is 0 Å². The van der Waals surface area contributed by atoms with Crippen molar-refractivity contribution in [2.24, 2.45) is 10.2 Å². The number of anilines is 1. The predicted molar refractivity (Wildman–Crippen MR) is 88.6 cm³/mol. The van der Waals surface area contributed by atoms with Gasteiger partial charge in [-0.25, -0.2) is 0 Å². The van der Waals surface area contributed by atoms with Crippen molar-refractivity contribution >= 4 is 17.1 Å². The van der Waals surface area contributed by atoms with Crippen molar-refractivity contribution in [2.45, 2.75) is 6.54 Å². The number of rotatable bonds is 5. The number of hydrogen-bond donors (Lipinski definition) is 1. The Balaban J connectivity index is 1.59. The van der Waals surface area contributed by atoms with Crippen LogP contribution in [0.2, 0.25) is 0 Å². The predicted octanol–water partition coefficient (Wildman–Crippen LogP) is 5.11. The Bertz CT molecular complexity index is 722. The maximum Gasteiger partial charge on any atom is 0.0858 e. The second-order valence-electron chi connectivity index (χ2n) is 4.76. The molecule has 108 valence electrons. The highest BCUT2D eigenvalue weighted by Gasteiger charge is 1.95. The molecule has 0 atom stereocenters. The van der Waals surface area contributed by atoms with Crippen molar-refractivity contribution in [2.75, 3.05) is 5.32 Å². The zero-order chi connectivity index (χ0) is 15.0. The molecule has 1 aromatic heterocycles. The van der Waals surface area contributed by atoms with E-state index in [1.807, 2.05) is 72.8 Å². The van der Waals surface area contributed by atoms with Crippen molar-refractivity contribution in [3.05, 3.63) is 84.7 Å². The minimum absolute atomic E-state index is 0.700. The first-order valence-electron chi connectivity index (χ1n) is 7.11. The third-order valence-electron chi connectivity index (χ3n) is 3.10. The highest BCUT2D eigenvalue weighted by molar-refractivity contribution is 5.51. The second kappa shape index (κ2) is 7.13. The highest BCUT2D eigenvalue weighted by atomic mass is 15.1. The summed E-state index contributed by atoms with van der Waals surface area (Å²) in [5, 5.41) is 11.7. The number of nitrogens with one attached hydrogen (secondary N) is 1. The van der Waals surface area contributed by atoms with Crippen molar-refractivity contribution < 1.29 is 0 Å². The summed E-state index contributed by atoms with van der Waals surface area (Å²) >= 11 is 0. The van der Waals surface area contributed by atoms with Gasteiger partial charge in [-0.1, -0.05) is 24.3 Å². The molecule has 0 aliphatic heterocycles. The molecule has 0 saturated carbocycles. The molecule has 0 aliphatic rings. The Hall–Kier alpha value is -3.01. The second-order valence-corrected chi connectivity index (χ2v) is 4.76. The lowest BCUT2D eigenvalue weighted by molar-refractivity contribution is 1.05. The molecule has 0 radical (unpaired) electrons. The zero-order valence-electron chi connectivity index (χ0n) is 12.1. The van der Waals surface area contributed by atoms with E-state index in [9.17, 15) is 0 Å². The van der Waals surface area contributed by atoms with Crippen LogP contribution in [0.25, 0.3) is 0 Å². The van der Waals surface area contributed by atoms with E-state index in [1.54, 1.807) is 6.20 Å². The van der Waals surface area contributed by atoms with Gasteiger partial charge < -0.3 is 5.32 Å². The Morgan fingerprint density at radius 1 is 0.727 bits per heavy atom. The van der Waals surface area contributed by atoms with E-state index >= 15 is 0 Å². The van der Waals surface area contributed by atoms with Gasteiger partial charge in [-0.15, -0.1) is 0 Å². The number of azo groups is 1. The van der Waals surface area contributed by atoms with Crippen LogP contribution in [0.4, 0.5) is 17.1 Å². The van der Waals surface area contributed by atoms with Crippen LogP contribution in [0.3, 0.4) is 0 Å². The highest BCUT2D eigenvalue weighted by Crippen LogP contribution is 2.20. The Labute approximate surface area is 129 Å². The van der Waals surface area contributed by atoms with Crippen LogP contribution in [0, 0.1) is 0 Å². The average molecular weight is 288 g/mol. The number of benzene rings is 2. The van der Waals surface area contributed by atoms with Crippen LogP contribution in [0.15, 0.2) is 89.2 Å². The summed E-state index contributed by atoms with van der Waals surface area (Å²) in [6.07, 6.45) is 1.80. The summed E-state index contributed by atoms with van der Waals surface area (Å²) in [6.45, 7) is 0.700. The van der Waals surface area contributed by atoms with Crippen LogP contribution in [-0.4, -0.2) is 4.98 Å². The summed E-state index contributed by atoms with van der Waals surface area (Å²) in [5.74, 6) is 0. The largest absolute Gasteiger partial charge is 0.379 e. The molecular weight excluding hydrogens is 272 g/mol. The summed E-state index contributed by atoms with van der Waals surface area (Å²) in [6, 6.07) is 23.4. The molecule has 0 amide bonds. The fourth-order valence-corrected chi connectivity index (χ4v) is 1.95. The van der Waals surface area contributed by atoms with Crippen LogP contribution in [0.1, 0.15) is 5.69 Å². The average Bonchev–Trinajstić information content (AvgIpc) is 2.61. The van der Waals surface area contributed by atoms with E-state index in [1.165, 1.54) is 0 Å². The molecule has 0 spiro atoms. The Morgan fingerprint density at radius 2 is 1.41 bits per heavy atom. The lowest BCUT2D eigenvalue weighted by Gasteiger charge is -2.05. The summed E-state index contributed by atoms with van der Waals surface area (Å²) in [7, 11) is 0. The van der Waals surface area contributed by atoms with Crippen LogP contribution < -0.4 is 5.32 Å². The fourth-order valence-electron chi connectivity index (χ4n) is 1.95. The molecule has 0 unspecified atom stereocenters. The van der Waals surface area contributed by atoms with Crippen molar-refractivity contribution in [1.29, 1.82) is 0 Å². The maximum atomic E-state index is 4.28. The molecule has 22 heavy (non-hydrogen) atoms. The van der Waals surface area contributed by atoms with E-state index < -0.39 is 0 Å².